The molecule has 3 nitrogen and oxygen atoms in total. The average molecular weight is 533 g/mol. The summed E-state index contributed by atoms with van der Waals surface area (Å²) in [5.41, 5.74) is 8.38. The van der Waals surface area contributed by atoms with Crippen molar-refractivity contribution >= 4 is 77.2 Å². The third-order valence-corrected chi connectivity index (χ3v) is 8.39. The van der Waals surface area contributed by atoms with Crippen LogP contribution in [-0.4, -0.2) is 9.13 Å². The number of benzene rings is 6. The molecule has 40 heavy (non-hydrogen) atoms. The van der Waals surface area contributed by atoms with Crippen molar-refractivity contribution in [2.75, 3.05) is 0 Å². The van der Waals surface area contributed by atoms with Gasteiger partial charge in [-0.25, -0.2) is 0 Å². The molecule has 0 radical (unpaired) electrons. The van der Waals surface area contributed by atoms with Crippen LogP contribution in [-0.2, 0) is 0 Å². The Bertz CT molecular complexity index is 2350. The monoisotopic (exact) mass is 532 g/mol. The third-order valence-electron chi connectivity index (χ3n) is 8.16. The van der Waals surface area contributed by atoms with Crippen molar-refractivity contribution < 1.29 is 4.42 Å². The van der Waals surface area contributed by atoms with Crippen LogP contribution in [0.25, 0.3) is 76.9 Å². The zero-order valence-electron chi connectivity index (χ0n) is 21.3. The summed E-state index contributed by atoms with van der Waals surface area (Å²) in [4.78, 5) is 0. The molecule has 3 heterocycles. The van der Waals surface area contributed by atoms with Gasteiger partial charge in [-0.05, 0) is 42.5 Å². The molecule has 0 aliphatic carbocycles. The highest BCUT2D eigenvalue weighted by molar-refractivity contribution is 6.31. The summed E-state index contributed by atoms with van der Waals surface area (Å²) in [5, 5.41) is 7.69. The number of para-hydroxylation sites is 4. The molecule has 4 heteroatoms. The Balaban J connectivity index is 1.50. The van der Waals surface area contributed by atoms with Gasteiger partial charge in [0.1, 0.15) is 11.2 Å². The summed E-state index contributed by atoms with van der Waals surface area (Å²) in [6.45, 7) is 0. The summed E-state index contributed by atoms with van der Waals surface area (Å²) >= 11 is 6.42. The minimum atomic E-state index is 0.660. The van der Waals surface area contributed by atoms with Crippen LogP contribution in [0.1, 0.15) is 0 Å². The second kappa shape index (κ2) is 8.01. The van der Waals surface area contributed by atoms with Gasteiger partial charge >= 0.3 is 0 Å². The Morgan fingerprint density at radius 1 is 0.450 bits per heavy atom. The largest absolute Gasteiger partial charge is 0.456 e. The quantitative estimate of drug-likeness (QED) is 0.217. The Labute approximate surface area is 234 Å². The first-order chi connectivity index (χ1) is 19.8. The molecule has 6 aromatic carbocycles. The molecule has 0 fully saturated rings. The number of rotatable bonds is 2. The highest BCUT2D eigenvalue weighted by Gasteiger charge is 2.21. The van der Waals surface area contributed by atoms with Gasteiger partial charge < -0.3 is 13.6 Å². The van der Waals surface area contributed by atoms with Gasteiger partial charge in [-0.2, -0.15) is 0 Å². The van der Waals surface area contributed by atoms with E-state index in [9.17, 15) is 0 Å². The number of furan rings is 1. The van der Waals surface area contributed by atoms with Gasteiger partial charge in [-0.1, -0.05) is 84.4 Å². The molecule has 0 N–H and O–H groups in total. The lowest BCUT2D eigenvalue weighted by molar-refractivity contribution is 0.668. The molecule has 3 aromatic heterocycles. The highest BCUT2D eigenvalue weighted by atomic mass is 35.5. The molecule has 0 saturated carbocycles. The van der Waals surface area contributed by atoms with Gasteiger partial charge in [0.05, 0.1) is 38.8 Å². The fourth-order valence-electron chi connectivity index (χ4n) is 6.53. The number of aromatic nitrogens is 2. The van der Waals surface area contributed by atoms with E-state index in [1.807, 2.05) is 12.1 Å². The number of hydrogen-bond acceptors (Lipinski definition) is 1. The van der Waals surface area contributed by atoms with Crippen molar-refractivity contribution in [2.24, 2.45) is 0 Å². The van der Waals surface area contributed by atoms with Gasteiger partial charge in [0.15, 0.2) is 0 Å². The molecule has 0 bridgehead atoms. The predicted molar refractivity (Wildman–Crippen MR) is 167 cm³/mol. The van der Waals surface area contributed by atoms with Crippen LogP contribution >= 0.6 is 11.6 Å². The molecule has 0 atom stereocenters. The van der Waals surface area contributed by atoms with Crippen molar-refractivity contribution in [3.63, 3.8) is 0 Å². The first kappa shape index (κ1) is 21.9. The van der Waals surface area contributed by atoms with Gasteiger partial charge in [0, 0.05) is 44.1 Å². The second-order valence-corrected chi connectivity index (χ2v) is 10.8. The van der Waals surface area contributed by atoms with E-state index in [0.717, 1.165) is 55.4 Å². The van der Waals surface area contributed by atoms with Crippen LogP contribution in [0, 0.1) is 0 Å². The minimum Gasteiger partial charge on any atom is -0.456 e. The van der Waals surface area contributed by atoms with Crippen molar-refractivity contribution in [1.82, 2.24) is 9.13 Å². The highest BCUT2D eigenvalue weighted by Crippen LogP contribution is 2.42. The van der Waals surface area contributed by atoms with Crippen LogP contribution in [0.2, 0.25) is 5.02 Å². The maximum atomic E-state index is 6.55. The van der Waals surface area contributed by atoms with Crippen molar-refractivity contribution in [1.29, 1.82) is 0 Å². The number of nitrogens with zero attached hydrogens (tertiary/aromatic N) is 2. The molecular formula is C36H21ClN2O. The van der Waals surface area contributed by atoms with E-state index in [4.69, 9.17) is 16.0 Å². The van der Waals surface area contributed by atoms with E-state index >= 15 is 0 Å². The minimum absolute atomic E-state index is 0.660. The third kappa shape index (κ3) is 2.90. The molecule has 9 aromatic rings. The Morgan fingerprint density at radius 3 is 1.50 bits per heavy atom. The zero-order chi connectivity index (χ0) is 26.4. The Morgan fingerprint density at radius 2 is 0.950 bits per heavy atom. The van der Waals surface area contributed by atoms with E-state index in [1.165, 1.54) is 21.5 Å². The number of fused-ring (bicyclic) bond motifs is 9. The Hall–Kier alpha value is -4.99. The van der Waals surface area contributed by atoms with Crippen molar-refractivity contribution in [3.8, 4) is 11.4 Å². The first-order valence-electron chi connectivity index (χ1n) is 13.4. The van der Waals surface area contributed by atoms with Crippen LogP contribution in [0.3, 0.4) is 0 Å². The normalized spacial score (nSPS) is 12.1. The molecule has 0 unspecified atom stereocenters. The summed E-state index contributed by atoms with van der Waals surface area (Å²) in [6, 6.07) is 44.8. The fraction of sp³-hybridized carbons (Fsp3) is 0. The van der Waals surface area contributed by atoms with E-state index < -0.39 is 0 Å². The molecular weight excluding hydrogens is 512 g/mol. The van der Waals surface area contributed by atoms with Gasteiger partial charge in [0.2, 0.25) is 0 Å². The summed E-state index contributed by atoms with van der Waals surface area (Å²) < 4.78 is 11.3. The standard InChI is InChI=1S/C36H21ClN2O/c37-22-17-18-28-34(19-22)40-35-21-23(38-29-13-5-1-9-24(29)25-10-2-6-14-30(25)38)20-33(36(28)35)39-31-15-7-3-11-26(31)27-12-4-8-16-32(27)39/h1-21H. The fourth-order valence-corrected chi connectivity index (χ4v) is 6.69. The van der Waals surface area contributed by atoms with Crippen LogP contribution < -0.4 is 0 Å². The second-order valence-electron chi connectivity index (χ2n) is 10.3. The van der Waals surface area contributed by atoms with Gasteiger partial charge in [-0.15, -0.1) is 0 Å². The molecule has 0 aliphatic heterocycles. The summed E-state index contributed by atoms with van der Waals surface area (Å²) in [7, 11) is 0. The van der Waals surface area contributed by atoms with E-state index in [-0.39, 0.29) is 0 Å². The molecule has 0 aliphatic rings. The lowest BCUT2D eigenvalue weighted by atomic mass is 10.1. The molecule has 0 amide bonds. The van der Waals surface area contributed by atoms with E-state index in [0.29, 0.717) is 5.02 Å². The number of halogens is 1. The first-order valence-corrected chi connectivity index (χ1v) is 13.8. The molecule has 9 rings (SSSR count). The van der Waals surface area contributed by atoms with Crippen molar-refractivity contribution in [2.45, 2.75) is 0 Å². The van der Waals surface area contributed by atoms with Gasteiger partial charge in [-0.3, -0.25) is 0 Å². The lowest BCUT2D eigenvalue weighted by Gasteiger charge is -2.14. The van der Waals surface area contributed by atoms with Crippen LogP contribution in [0.4, 0.5) is 0 Å². The average Bonchev–Trinajstić information content (AvgIpc) is 3.64. The van der Waals surface area contributed by atoms with Gasteiger partial charge in [0.25, 0.3) is 0 Å². The zero-order valence-corrected chi connectivity index (χ0v) is 22.1. The smallest absolute Gasteiger partial charge is 0.139 e. The Kier molecular flexibility index (Phi) is 4.38. The molecule has 0 saturated heterocycles. The maximum Gasteiger partial charge on any atom is 0.139 e. The molecule has 188 valence electrons. The van der Waals surface area contributed by atoms with Crippen LogP contribution in [0.15, 0.2) is 132 Å². The van der Waals surface area contributed by atoms with Crippen molar-refractivity contribution in [3.05, 3.63) is 132 Å². The topological polar surface area (TPSA) is 23.0 Å². The van der Waals surface area contributed by atoms with E-state index in [2.05, 4.69) is 124 Å². The van der Waals surface area contributed by atoms with E-state index in [1.54, 1.807) is 0 Å². The molecule has 0 spiro atoms. The summed E-state index contributed by atoms with van der Waals surface area (Å²) in [5.74, 6) is 0. The van der Waals surface area contributed by atoms with Crippen LogP contribution in [0.5, 0.6) is 0 Å². The lowest BCUT2D eigenvalue weighted by Crippen LogP contribution is -1.99. The number of hydrogen-bond donors (Lipinski definition) is 0. The maximum absolute atomic E-state index is 6.55. The summed E-state index contributed by atoms with van der Waals surface area (Å²) in [6.07, 6.45) is 0. The SMILES string of the molecule is Clc1ccc2c(c1)oc1cc(-n3c4ccccc4c4ccccc43)cc(-n3c4ccccc4c4ccccc43)c12. The predicted octanol–water partition coefficient (Wildman–Crippen LogP) is 10.4.